The third kappa shape index (κ3) is 4.66. The van der Waals surface area contributed by atoms with Crippen LogP contribution in [-0.4, -0.2) is 19.7 Å². The molecule has 0 saturated carbocycles. The van der Waals surface area contributed by atoms with E-state index >= 15 is 0 Å². The first kappa shape index (κ1) is 20.2. The minimum Gasteiger partial charge on any atom is -0.492 e. The third-order valence-electron chi connectivity index (χ3n) is 4.16. The average molecular weight is 394 g/mol. The molecule has 6 nitrogen and oxygen atoms in total. The number of carbonyl (C=O) groups is 1. The van der Waals surface area contributed by atoms with Gasteiger partial charge in [-0.25, -0.2) is 9.59 Å². The number of hydrogen-bond donors (Lipinski definition) is 0. The summed E-state index contributed by atoms with van der Waals surface area (Å²) >= 11 is 0. The molecule has 1 aromatic heterocycles. The lowest BCUT2D eigenvalue weighted by molar-refractivity contribution is 0.0723. The zero-order valence-corrected chi connectivity index (χ0v) is 16.3. The monoisotopic (exact) mass is 394 g/mol. The Morgan fingerprint density at radius 1 is 1.03 bits per heavy atom. The summed E-state index contributed by atoms with van der Waals surface area (Å²) in [5.41, 5.74) is -0.212. The number of methoxy groups -OCH3 is 1. The van der Waals surface area contributed by atoms with Crippen LogP contribution >= 0.6 is 0 Å². The van der Waals surface area contributed by atoms with Gasteiger partial charge in [0.1, 0.15) is 16.7 Å². The number of esters is 1. The van der Waals surface area contributed by atoms with Crippen LogP contribution in [0.2, 0.25) is 0 Å². The average Bonchev–Trinajstić information content (AvgIpc) is 2.74. The Balaban J connectivity index is 1.99. The minimum atomic E-state index is -0.804. The first-order valence-corrected chi connectivity index (χ1v) is 9.34. The number of ether oxygens (including phenoxy) is 3. The summed E-state index contributed by atoms with van der Waals surface area (Å²) in [5.74, 6) is -0.417. The van der Waals surface area contributed by atoms with E-state index in [4.69, 9.17) is 18.6 Å². The topological polar surface area (TPSA) is 75.0 Å². The second kappa shape index (κ2) is 9.59. The van der Waals surface area contributed by atoms with Crippen LogP contribution in [0.3, 0.4) is 0 Å². The summed E-state index contributed by atoms with van der Waals surface area (Å²) < 4.78 is 22.0. The van der Waals surface area contributed by atoms with Crippen LogP contribution in [0, 0.1) is 0 Å². The molecule has 1 heterocycles. The maximum absolute atomic E-state index is 12.4. The molecule has 29 heavy (non-hydrogen) atoms. The fraction of sp³-hybridized carbons (Fsp3) is 0.217. The van der Waals surface area contributed by atoms with Crippen molar-refractivity contribution in [2.45, 2.75) is 19.8 Å². The lowest BCUT2D eigenvalue weighted by atomic mass is 10.2. The van der Waals surface area contributed by atoms with Crippen LogP contribution in [-0.2, 0) is 0 Å². The molecular formula is C23H22O6. The molecule has 0 unspecified atom stereocenters. The van der Waals surface area contributed by atoms with Gasteiger partial charge in [0.15, 0.2) is 5.75 Å². The van der Waals surface area contributed by atoms with Gasteiger partial charge in [-0.2, -0.15) is 0 Å². The van der Waals surface area contributed by atoms with Gasteiger partial charge in [-0.3, -0.25) is 0 Å². The van der Waals surface area contributed by atoms with E-state index in [2.05, 4.69) is 13.0 Å². The molecule has 0 spiro atoms. The molecule has 0 aliphatic carbocycles. The first-order chi connectivity index (χ1) is 14.2. The van der Waals surface area contributed by atoms with Crippen LogP contribution in [0.25, 0.3) is 11.0 Å². The van der Waals surface area contributed by atoms with Crippen LogP contribution in [0.15, 0.2) is 69.9 Å². The van der Waals surface area contributed by atoms with Crippen LogP contribution in [0.5, 0.6) is 17.2 Å². The van der Waals surface area contributed by atoms with Gasteiger partial charge in [0, 0.05) is 0 Å². The number of hydrogen-bond acceptors (Lipinski definition) is 6. The first-order valence-electron chi connectivity index (χ1n) is 9.34. The standard InChI is InChI=1S/C23H22O6/c1-3-4-5-9-15-27-17-13-10-14-18-19(17)20(26-2)21(23(25)28-18)29-22(24)16-11-7-6-8-12-16/h4-8,10-14H,3,9,15H2,1-2H3/b5-4+. The van der Waals surface area contributed by atoms with E-state index in [0.29, 0.717) is 23.3 Å². The zero-order chi connectivity index (χ0) is 20.6. The van der Waals surface area contributed by atoms with E-state index in [0.717, 1.165) is 12.8 Å². The van der Waals surface area contributed by atoms with Crippen molar-refractivity contribution in [1.82, 2.24) is 0 Å². The van der Waals surface area contributed by atoms with Crippen LogP contribution < -0.4 is 19.8 Å². The molecule has 0 atom stereocenters. The van der Waals surface area contributed by atoms with Gasteiger partial charge in [0.2, 0.25) is 0 Å². The molecule has 0 bridgehead atoms. The molecular weight excluding hydrogens is 372 g/mol. The van der Waals surface area contributed by atoms with Crippen molar-refractivity contribution >= 4 is 16.9 Å². The molecule has 0 saturated heterocycles. The molecule has 0 radical (unpaired) electrons. The zero-order valence-electron chi connectivity index (χ0n) is 16.3. The highest BCUT2D eigenvalue weighted by atomic mass is 16.6. The molecule has 3 aromatic rings. The molecule has 0 aliphatic rings. The SMILES string of the molecule is CC/C=C/CCOc1cccc2oc(=O)c(OC(=O)c3ccccc3)c(OC)c12. The van der Waals surface area contributed by atoms with E-state index in [9.17, 15) is 9.59 Å². The van der Waals surface area contributed by atoms with Crippen molar-refractivity contribution in [3.8, 4) is 17.2 Å². The van der Waals surface area contributed by atoms with E-state index < -0.39 is 11.6 Å². The van der Waals surface area contributed by atoms with Crippen molar-refractivity contribution in [3.05, 3.63) is 76.7 Å². The Bertz CT molecular complexity index is 1070. The Hall–Kier alpha value is -3.54. The second-order valence-corrected chi connectivity index (χ2v) is 6.15. The highest BCUT2D eigenvalue weighted by Crippen LogP contribution is 2.38. The number of benzene rings is 2. The van der Waals surface area contributed by atoms with Crippen molar-refractivity contribution in [3.63, 3.8) is 0 Å². The van der Waals surface area contributed by atoms with Crippen LogP contribution in [0.4, 0.5) is 0 Å². The van der Waals surface area contributed by atoms with Crippen molar-refractivity contribution < 1.29 is 23.4 Å². The number of carbonyl (C=O) groups excluding carboxylic acids is 1. The second-order valence-electron chi connectivity index (χ2n) is 6.15. The van der Waals surface area contributed by atoms with Gasteiger partial charge in [0.05, 0.1) is 19.3 Å². The molecule has 150 valence electrons. The summed E-state index contributed by atoms with van der Waals surface area (Å²) in [6.45, 7) is 2.50. The predicted molar refractivity (Wildman–Crippen MR) is 110 cm³/mol. The van der Waals surface area contributed by atoms with Gasteiger partial charge >= 0.3 is 11.6 Å². The van der Waals surface area contributed by atoms with E-state index in [-0.39, 0.29) is 17.1 Å². The smallest absolute Gasteiger partial charge is 0.383 e. The highest BCUT2D eigenvalue weighted by Gasteiger charge is 2.23. The molecule has 6 heteroatoms. The number of allylic oxidation sites excluding steroid dienone is 1. The Kier molecular flexibility index (Phi) is 6.68. The largest absolute Gasteiger partial charge is 0.492 e. The normalized spacial score (nSPS) is 11.0. The lowest BCUT2D eigenvalue weighted by Crippen LogP contribution is -2.15. The summed E-state index contributed by atoms with van der Waals surface area (Å²) in [5, 5.41) is 0.435. The van der Waals surface area contributed by atoms with Gasteiger partial charge < -0.3 is 18.6 Å². The third-order valence-corrected chi connectivity index (χ3v) is 4.16. The number of rotatable bonds is 8. The van der Waals surface area contributed by atoms with E-state index in [1.54, 1.807) is 48.5 Å². The summed E-state index contributed by atoms with van der Waals surface area (Å²) in [7, 11) is 1.40. The van der Waals surface area contributed by atoms with Gasteiger partial charge in [0.25, 0.3) is 5.75 Å². The van der Waals surface area contributed by atoms with Crippen molar-refractivity contribution in [2.75, 3.05) is 13.7 Å². The minimum absolute atomic E-state index is 0.0974. The van der Waals surface area contributed by atoms with E-state index in [1.165, 1.54) is 7.11 Å². The Labute approximate surface area is 168 Å². The summed E-state index contributed by atoms with van der Waals surface area (Å²) in [6.07, 6.45) is 5.80. The molecule has 0 amide bonds. The molecule has 0 N–H and O–H groups in total. The van der Waals surface area contributed by atoms with Gasteiger partial charge in [-0.05, 0) is 37.1 Å². The van der Waals surface area contributed by atoms with Crippen LogP contribution in [0.1, 0.15) is 30.1 Å². The highest BCUT2D eigenvalue weighted by molar-refractivity contribution is 5.95. The quantitative estimate of drug-likeness (QED) is 0.237. The predicted octanol–water partition coefficient (Wildman–Crippen LogP) is 4.76. The Morgan fingerprint density at radius 2 is 1.83 bits per heavy atom. The molecule has 2 aromatic carbocycles. The molecule has 0 fully saturated rings. The fourth-order valence-corrected chi connectivity index (χ4v) is 2.82. The number of fused-ring (bicyclic) bond motifs is 1. The lowest BCUT2D eigenvalue weighted by Gasteiger charge is -2.13. The summed E-state index contributed by atoms with van der Waals surface area (Å²) in [4.78, 5) is 24.9. The van der Waals surface area contributed by atoms with E-state index in [1.807, 2.05) is 6.08 Å². The molecule has 0 aliphatic heterocycles. The Morgan fingerprint density at radius 3 is 2.55 bits per heavy atom. The van der Waals surface area contributed by atoms with Crippen molar-refractivity contribution in [1.29, 1.82) is 0 Å². The van der Waals surface area contributed by atoms with Gasteiger partial charge in [-0.1, -0.05) is 43.3 Å². The molecule has 3 rings (SSSR count). The van der Waals surface area contributed by atoms with Gasteiger partial charge in [-0.15, -0.1) is 0 Å². The maximum Gasteiger partial charge on any atom is 0.383 e. The fourth-order valence-electron chi connectivity index (χ4n) is 2.82. The summed E-state index contributed by atoms with van der Waals surface area (Å²) in [6, 6.07) is 13.5. The maximum atomic E-state index is 12.4. The van der Waals surface area contributed by atoms with Crippen molar-refractivity contribution in [2.24, 2.45) is 0 Å².